The third-order valence-corrected chi connectivity index (χ3v) is 4.72. The fourth-order valence-electron chi connectivity index (χ4n) is 2.80. The van der Waals surface area contributed by atoms with Gasteiger partial charge in [0.15, 0.2) is 0 Å². The first-order valence-corrected chi connectivity index (χ1v) is 9.85. The number of hydrogen-bond donors (Lipinski definition) is 2. The average Bonchev–Trinajstić information content (AvgIpc) is 2.49. The van der Waals surface area contributed by atoms with Crippen LogP contribution in [-0.2, 0) is 14.8 Å². The molecule has 23 heavy (non-hydrogen) atoms. The molecule has 0 unspecified atom stereocenters. The highest BCUT2D eigenvalue weighted by Crippen LogP contribution is 2.28. The van der Waals surface area contributed by atoms with Gasteiger partial charge in [-0.05, 0) is 43.9 Å². The third kappa shape index (κ3) is 5.51. The fourth-order valence-corrected chi connectivity index (χ4v) is 3.27. The highest BCUT2D eigenvalue weighted by Gasteiger charge is 2.15. The van der Waals surface area contributed by atoms with Crippen LogP contribution in [0, 0.1) is 6.92 Å². The van der Waals surface area contributed by atoms with E-state index in [-0.39, 0.29) is 18.9 Å². The Kier molecular flexibility index (Phi) is 6.01. The van der Waals surface area contributed by atoms with E-state index in [0.29, 0.717) is 0 Å². The lowest BCUT2D eigenvalue weighted by atomic mass is 10.1. The van der Waals surface area contributed by atoms with Crippen molar-refractivity contribution in [3.8, 4) is 0 Å². The Morgan fingerprint density at radius 3 is 2.57 bits per heavy atom. The van der Waals surface area contributed by atoms with Crippen LogP contribution in [0.5, 0.6) is 0 Å². The Bertz CT molecular complexity index is 653. The van der Waals surface area contributed by atoms with E-state index in [4.69, 9.17) is 0 Å². The normalized spacial score (nSPS) is 15.5. The molecular weight excluding hydrogens is 314 g/mol. The number of nitrogens with zero attached hydrogens (tertiary/aromatic N) is 1. The average molecular weight is 339 g/mol. The first-order valence-electron chi connectivity index (χ1n) is 7.96. The van der Waals surface area contributed by atoms with Gasteiger partial charge in [0.1, 0.15) is 0 Å². The summed E-state index contributed by atoms with van der Waals surface area (Å²) in [5, 5.41) is 2.88. The maximum absolute atomic E-state index is 12.0. The predicted octanol–water partition coefficient (Wildman–Crippen LogP) is 1.86. The summed E-state index contributed by atoms with van der Waals surface area (Å²) < 4.78 is 24.3. The number of carbonyl (C=O) groups excluding carboxylic acids is 1. The van der Waals surface area contributed by atoms with E-state index in [1.807, 2.05) is 19.1 Å². The van der Waals surface area contributed by atoms with Crippen LogP contribution in [-0.4, -0.2) is 40.2 Å². The monoisotopic (exact) mass is 339 g/mol. The highest BCUT2D eigenvalue weighted by atomic mass is 32.2. The van der Waals surface area contributed by atoms with Gasteiger partial charge in [0.25, 0.3) is 0 Å². The van der Waals surface area contributed by atoms with E-state index in [1.165, 1.54) is 19.3 Å². The maximum Gasteiger partial charge on any atom is 0.225 e. The van der Waals surface area contributed by atoms with Gasteiger partial charge >= 0.3 is 0 Å². The molecule has 7 heteroatoms. The van der Waals surface area contributed by atoms with Crippen LogP contribution in [0.1, 0.15) is 31.2 Å². The van der Waals surface area contributed by atoms with Gasteiger partial charge in [0.2, 0.25) is 15.9 Å². The molecule has 0 atom stereocenters. The van der Waals surface area contributed by atoms with E-state index in [9.17, 15) is 13.2 Å². The van der Waals surface area contributed by atoms with Crippen molar-refractivity contribution in [2.45, 2.75) is 32.6 Å². The third-order valence-electron chi connectivity index (χ3n) is 3.99. The van der Waals surface area contributed by atoms with Gasteiger partial charge in [-0.2, -0.15) is 0 Å². The summed E-state index contributed by atoms with van der Waals surface area (Å²) in [6.07, 6.45) is 4.87. The number of benzene rings is 1. The molecule has 0 saturated carbocycles. The molecule has 1 heterocycles. The van der Waals surface area contributed by atoms with Crippen molar-refractivity contribution >= 4 is 27.3 Å². The molecule has 1 fully saturated rings. The minimum Gasteiger partial charge on any atom is -0.371 e. The highest BCUT2D eigenvalue weighted by molar-refractivity contribution is 7.88. The second-order valence-electron chi connectivity index (χ2n) is 5.96. The molecule has 2 N–H and O–H groups in total. The van der Waals surface area contributed by atoms with E-state index in [1.54, 1.807) is 0 Å². The van der Waals surface area contributed by atoms with Crippen molar-refractivity contribution in [2.75, 3.05) is 36.1 Å². The number of sulfonamides is 1. The Morgan fingerprint density at radius 2 is 1.91 bits per heavy atom. The zero-order valence-electron chi connectivity index (χ0n) is 13.8. The van der Waals surface area contributed by atoms with Crippen LogP contribution in [0.2, 0.25) is 0 Å². The lowest BCUT2D eigenvalue weighted by Crippen LogP contribution is -2.30. The predicted molar refractivity (Wildman–Crippen MR) is 93.3 cm³/mol. The van der Waals surface area contributed by atoms with Gasteiger partial charge in [-0.15, -0.1) is 0 Å². The minimum absolute atomic E-state index is 0.107. The van der Waals surface area contributed by atoms with Crippen LogP contribution in [0.25, 0.3) is 0 Å². The van der Waals surface area contributed by atoms with Crippen LogP contribution < -0.4 is 14.9 Å². The number of anilines is 2. The Labute approximate surface area is 138 Å². The molecule has 1 aliphatic heterocycles. The molecule has 1 aromatic carbocycles. The molecule has 1 amide bonds. The van der Waals surface area contributed by atoms with Gasteiger partial charge in [0.05, 0.1) is 6.26 Å². The number of piperidine rings is 1. The van der Waals surface area contributed by atoms with Crippen LogP contribution in [0.3, 0.4) is 0 Å². The quantitative estimate of drug-likeness (QED) is 0.829. The molecule has 0 aliphatic carbocycles. The van der Waals surface area contributed by atoms with Gasteiger partial charge < -0.3 is 10.2 Å². The Hall–Kier alpha value is -1.60. The summed E-state index contributed by atoms with van der Waals surface area (Å²) in [5.74, 6) is -0.194. The van der Waals surface area contributed by atoms with Gasteiger partial charge in [-0.1, -0.05) is 6.07 Å². The van der Waals surface area contributed by atoms with Crippen molar-refractivity contribution in [3.05, 3.63) is 23.8 Å². The van der Waals surface area contributed by atoms with Gasteiger partial charge in [-0.25, -0.2) is 13.1 Å². The number of nitrogens with one attached hydrogen (secondary N) is 2. The molecule has 0 radical (unpaired) electrons. The van der Waals surface area contributed by atoms with Crippen molar-refractivity contribution in [3.63, 3.8) is 0 Å². The first kappa shape index (κ1) is 17.7. The van der Waals surface area contributed by atoms with Gasteiger partial charge in [0, 0.05) is 37.4 Å². The number of amides is 1. The van der Waals surface area contributed by atoms with Crippen molar-refractivity contribution in [1.82, 2.24) is 4.72 Å². The maximum atomic E-state index is 12.0. The summed E-state index contributed by atoms with van der Waals surface area (Å²) in [6.45, 7) is 4.22. The molecule has 0 bridgehead atoms. The molecule has 0 aromatic heterocycles. The first-order chi connectivity index (χ1) is 10.9. The summed E-state index contributed by atoms with van der Waals surface area (Å²) in [7, 11) is -3.26. The van der Waals surface area contributed by atoms with Crippen LogP contribution >= 0.6 is 0 Å². The number of rotatable bonds is 6. The largest absolute Gasteiger partial charge is 0.371 e. The number of hydrogen-bond acceptors (Lipinski definition) is 4. The lowest BCUT2D eigenvalue weighted by Gasteiger charge is -2.30. The second-order valence-corrected chi connectivity index (χ2v) is 7.80. The van der Waals surface area contributed by atoms with Crippen LogP contribution in [0.4, 0.5) is 11.4 Å². The van der Waals surface area contributed by atoms with Gasteiger partial charge in [-0.3, -0.25) is 4.79 Å². The second kappa shape index (κ2) is 7.79. The van der Waals surface area contributed by atoms with Crippen LogP contribution in [0.15, 0.2) is 18.2 Å². The summed E-state index contributed by atoms with van der Waals surface area (Å²) in [6, 6.07) is 5.91. The van der Waals surface area contributed by atoms with Crippen molar-refractivity contribution < 1.29 is 13.2 Å². The molecule has 1 saturated heterocycles. The van der Waals surface area contributed by atoms with E-state index < -0.39 is 10.0 Å². The summed E-state index contributed by atoms with van der Waals surface area (Å²) >= 11 is 0. The smallest absolute Gasteiger partial charge is 0.225 e. The molecule has 1 aliphatic rings. The molecule has 128 valence electrons. The Morgan fingerprint density at radius 1 is 1.22 bits per heavy atom. The molecular formula is C16H25N3O3S. The zero-order valence-corrected chi connectivity index (χ0v) is 14.6. The van der Waals surface area contributed by atoms with Crippen molar-refractivity contribution in [1.29, 1.82) is 0 Å². The van der Waals surface area contributed by atoms with Crippen molar-refractivity contribution in [2.24, 2.45) is 0 Å². The summed E-state index contributed by atoms with van der Waals surface area (Å²) in [5.41, 5.74) is 3.01. The van der Waals surface area contributed by atoms with E-state index >= 15 is 0 Å². The molecule has 1 aromatic rings. The summed E-state index contributed by atoms with van der Waals surface area (Å²) in [4.78, 5) is 14.3. The molecule has 6 nitrogen and oxygen atoms in total. The lowest BCUT2D eigenvalue weighted by molar-refractivity contribution is -0.116. The SMILES string of the molecule is Cc1c(NC(=O)CCNS(C)(=O)=O)cccc1N1CCCCC1. The number of carbonyl (C=O) groups is 1. The molecule has 2 rings (SSSR count). The standard InChI is InChI=1S/C16H25N3O3S/c1-13-14(18-16(20)9-10-17-23(2,21)22)7-6-8-15(13)19-11-4-3-5-12-19/h6-8,17H,3-5,9-12H2,1-2H3,(H,18,20). The topological polar surface area (TPSA) is 78.5 Å². The molecule has 0 spiro atoms. The van der Waals surface area contributed by atoms with E-state index in [0.717, 1.165) is 36.3 Å². The Balaban J connectivity index is 1.98. The zero-order chi connectivity index (χ0) is 16.9. The fraction of sp³-hybridized carbons (Fsp3) is 0.562. The minimum atomic E-state index is -3.26. The van der Waals surface area contributed by atoms with E-state index in [2.05, 4.69) is 21.0 Å².